The van der Waals surface area contributed by atoms with Gasteiger partial charge >= 0.3 is 0 Å². The molecule has 1 saturated heterocycles. The molecule has 1 aliphatic rings. The highest BCUT2D eigenvalue weighted by molar-refractivity contribution is 7.89. The van der Waals surface area contributed by atoms with Crippen LogP contribution >= 0.6 is 0 Å². The summed E-state index contributed by atoms with van der Waals surface area (Å²) in [5.74, 6) is 0.807. The first kappa shape index (κ1) is 21.2. The van der Waals surface area contributed by atoms with Crippen molar-refractivity contribution in [2.75, 3.05) is 44.2 Å². The van der Waals surface area contributed by atoms with Crippen LogP contribution in [0.1, 0.15) is 25.0 Å². The van der Waals surface area contributed by atoms with Gasteiger partial charge in [-0.3, -0.25) is 4.90 Å². The number of hydrogen-bond donors (Lipinski definition) is 0. The smallest absolute Gasteiger partial charge is 0.244 e. The first-order valence-electron chi connectivity index (χ1n) is 9.90. The van der Waals surface area contributed by atoms with Gasteiger partial charge in [0.1, 0.15) is 10.7 Å². The number of nitriles is 1. The minimum Gasteiger partial charge on any atom is -0.354 e. The Bertz CT molecular complexity index is 940. The minimum absolute atomic E-state index is 0.240. The second-order valence-electron chi connectivity index (χ2n) is 7.01. The summed E-state index contributed by atoms with van der Waals surface area (Å²) in [6.07, 6.45) is 1.46. The van der Waals surface area contributed by atoms with Gasteiger partial charge in [-0.25, -0.2) is 13.4 Å². The fourth-order valence-corrected chi connectivity index (χ4v) is 4.91. The van der Waals surface area contributed by atoms with Crippen LogP contribution in [0, 0.1) is 11.3 Å². The van der Waals surface area contributed by atoms with Crippen molar-refractivity contribution in [2.45, 2.75) is 25.3 Å². The Morgan fingerprint density at radius 2 is 1.69 bits per heavy atom. The molecule has 0 bridgehead atoms. The lowest BCUT2D eigenvalue weighted by molar-refractivity contribution is 0.249. The van der Waals surface area contributed by atoms with E-state index in [0.717, 1.165) is 38.5 Å². The first-order chi connectivity index (χ1) is 14.0. The van der Waals surface area contributed by atoms with E-state index < -0.39 is 10.0 Å². The van der Waals surface area contributed by atoms with Gasteiger partial charge in [0.25, 0.3) is 0 Å². The maximum absolute atomic E-state index is 12.6. The molecule has 0 atom stereocenters. The molecule has 1 fully saturated rings. The maximum atomic E-state index is 12.6. The minimum atomic E-state index is -3.47. The standard InChI is InChI=1S/C21H27N5O2S/c1-3-26(4-2)29(27,28)20-9-10-21(23-16-20)25-13-11-24(12-14-25)17-19-7-5-18(15-22)6-8-19/h5-10,16H,3-4,11-14,17H2,1-2H3. The van der Waals surface area contributed by atoms with E-state index in [2.05, 4.69) is 20.9 Å². The van der Waals surface area contributed by atoms with Gasteiger partial charge in [0.2, 0.25) is 10.0 Å². The average molecular weight is 414 g/mol. The Balaban J connectivity index is 1.58. The predicted octanol–water partition coefficient (Wildman–Crippen LogP) is 2.31. The number of nitrogens with zero attached hydrogens (tertiary/aromatic N) is 5. The van der Waals surface area contributed by atoms with E-state index in [0.29, 0.717) is 18.7 Å². The molecule has 3 rings (SSSR count). The molecule has 29 heavy (non-hydrogen) atoms. The third-order valence-corrected chi connectivity index (χ3v) is 7.28. The first-order valence-corrected chi connectivity index (χ1v) is 11.3. The van der Waals surface area contributed by atoms with Crippen molar-refractivity contribution < 1.29 is 8.42 Å². The van der Waals surface area contributed by atoms with Gasteiger partial charge in [-0.1, -0.05) is 26.0 Å². The summed E-state index contributed by atoms with van der Waals surface area (Å²) in [6, 6.07) is 13.3. The topological polar surface area (TPSA) is 80.5 Å². The third-order valence-electron chi connectivity index (χ3n) is 5.25. The van der Waals surface area contributed by atoms with Crippen molar-refractivity contribution >= 4 is 15.8 Å². The summed E-state index contributed by atoms with van der Waals surface area (Å²) in [4.78, 5) is 9.21. The third kappa shape index (κ3) is 4.93. The van der Waals surface area contributed by atoms with Crippen LogP contribution in [0.15, 0.2) is 47.5 Å². The summed E-state index contributed by atoms with van der Waals surface area (Å²) in [5, 5.41) is 8.89. The molecule has 1 aliphatic heterocycles. The van der Waals surface area contributed by atoms with E-state index in [1.165, 1.54) is 16.1 Å². The van der Waals surface area contributed by atoms with Crippen LogP contribution in [-0.4, -0.2) is 61.9 Å². The summed E-state index contributed by atoms with van der Waals surface area (Å²) in [6.45, 7) is 8.90. The molecular formula is C21H27N5O2S. The fraction of sp³-hybridized carbons (Fsp3) is 0.429. The highest BCUT2D eigenvalue weighted by Crippen LogP contribution is 2.20. The van der Waals surface area contributed by atoms with Gasteiger partial charge in [0, 0.05) is 52.0 Å². The van der Waals surface area contributed by atoms with E-state index in [9.17, 15) is 8.42 Å². The second-order valence-corrected chi connectivity index (χ2v) is 8.95. The number of anilines is 1. The monoisotopic (exact) mass is 413 g/mol. The van der Waals surface area contributed by atoms with Crippen molar-refractivity contribution in [1.82, 2.24) is 14.2 Å². The molecule has 0 spiro atoms. The van der Waals surface area contributed by atoms with Crippen LogP contribution in [-0.2, 0) is 16.6 Å². The molecule has 8 heteroatoms. The molecule has 0 amide bonds. The molecule has 7 nitrogen and oxygen atoms in total. The number of piperazine rings is 1. The zero-order valence-corrected chi connectivity index (χ0v) is 17.8. The van der Waals surface area contributed by atoms with Gasteiger partial charge < -0.3 is 4.90 Å². The Labute approximate surface area is 173 Å². The zero-order valence-electron chi connectivity index (χ0n) is 17.0. The molecular weight excluding hydrogens is 386 g/mol. The van der Waals surface area contributed by atoms with Crippen LogP contribution in [0.4, 0.5) is 5.82 Å². The van der Waals surface area contributed by atoms with Crippen molar-refractivity contribution in [2.24, 2.45) is 0 Å². The number of sulfonamides is 1. The Kier molecular flexibility index (Phi) is 6.85. The lowest BCUT2D eigenvalue weighted by Crippen LogP contribution is -2.46. The van der Waals surface area contributed by atoms with Gasteiger partial charge in [-0.05, 0) is 29.8 Å². The van der Waals surface area contributed by atoms with Crippen LogP contribution < -0.4 is 4.90 Å². The molecule has 2 heterocycles. The maximum Gasteiger partial charge on any atom is 0.244 e. The molecule has 0 radical (unpaired) electrons. The number of pyridine rings is 1. The molecule has 1 aromatic heterocycles. The van der Waals surface area contributed by atoms with E-state index in [4.69, 9.17) is 5.26 Å². The van der Waals surface area contributed by atoms with Crippen LogP contribution in [0.25, 0.3) is 0 Å². The average Bonchev–Trinajstić information content (AvgIpc) is 2.75. The van der Waals surface area contributed by atoms with Gasteiger partial charge in [0.05, 0.1) is 11.6 Å². The molecule has 0 unspecified atom stereocenters. The summed E-state index contributed by atoms with van der Waals surface area (Å²) in [5.41, 5.74) is 1.87. The van der Waals surface area contributed by atoms with Crippen molar-refractivity contribution in [3.63, 3.8) is 0 Å². The highest BCUT2D eigenvalue weighted by atomic mass is 32.2. The molecule has 2 aromatic rings. The zero-order chi connectivity index (χ0) is 20.9. The van der Waals surface area contributed by atoms with Crippen molar-refractivity contribution in [3.8, 4) is 6.07 Å². The Morgan fingerprint density at radius 3 is 2.21 bits per heavy atom. The van der Waals surface area contributed by atoms with Crippen LogP contribution in [0.5, 0.6) is 0 Å². The molecule has 0 N–H and O–H groups in total. The van der Waals surface area contributed by atoms with E-state index in [1.807, 2.05) is 38.1 Å². The Morgan fingerprint density at radius 1 is 1.03 bits per heavy atom. The highest BCUT2D eigenvalue weighted by Gasteiger charge is 2.23. The lowest BCUT2D eigenvalue weighted by Gasteiger charge is -2.35. The van der Waals surface area contributed by atoms with Crippen LogP contribution in [0.2, 0.25) is 0 Å². The quantitative estimate of drug-likeness (QED) is 0.693. The van der Waals surface area contributed by atoms with Crippen molar-refractivity contribution in [3.05, 3.63) is 53.7 Å². The van der Waals surface area contributed by atoms with Gasteiger partial charge in [-0.2, -0.15) is 9.57 Å². The second kappa shape index (κ2) is 9.35. The number of aromatic nitrogens is 1. The number of hydrogen-bond acceptors (Lipinski definition) is 6. The summed E-state index contributed by atoms with van der Waals surface area (Å²) in [7, 11) is -3.47. The fourth-order valence-electron chi connectivity index (χ4n) is 3.50. The predicted molar refractivity (Wildman–Crippen MR) is 113 cm³/mol. The molecule has 0 aliphatic carbocycles. The van der Waals surface area contributed by atoms with E-state index >= 15 is 0 Å². The molecule has 154 valence electrons. The lowest BCUT2D eigenvalue weighted by atomic mass is 10.1. The number of benzene rings is 1. The van der Waals surface area contributed by atoms with Crippen molar-refractivity contribution in [1.29, 1.82) is 5.26 Å². The summed E-state index contributed by atoms with van der Waals surface area (Å²) < 4.78 is 26.6. The Hall–Kier alpha value is -2.47. The van der Waals surface area contributed by atoms with Gasteiger partial charge in [0.15, 0.2) is 0 Å². The van der Waals surface area contributed by atoms with E-state index in [1.54, 1.807) is 12.1 Å². The van der Waals surface area contributed by atoms with Gasteiger partial charge in [-0.15, -0.1) is 0 Å². The van der Waals surface area contributed by atoms with Crippen LogP contribution in [0.3, 0.4) is 0 Å². The molecule has 1 aromatic carbocycles. The SMILES string of the molecule is CCN(CC)S(=O)(=O)c1ccc(N2CCN(Cc3ccc(C#N)cc3)CC2)nc1. The largest absolute Gasteiger partial charge is 0.354 e. The molecule has 0 saturated carbocycles. The van der Waals surface area contributed by atoms with E-state index in [-0.39, 0.29) is 4.90 Å². The normalized spacial score (nSPS) is 15.4. The number of rotatable bonds is 7. The summed E-state index contributed by atoms with van der Waals surface area (Å²) >= 11 is 0.